The maximum absolute atomic E-state index is 6.66. The Morgan fingerprint density at radius 2 is 1.30 bits per heavy atom. The van der Waals surface area contributed by atoms with E-state index in [4.69, 9.17) is 4.42 Å². The van der Waals surface area contributed by atoms with E-state index < -0.39 is 0 Å². The quantitative estimate of drug-likeness (QED) is 0.180. The monoisotopic (exact) mass is 837 g/mol. The van der Waals surface area contributed by atoms with Crippen LogP contribution in [0.1, 0.15) is 104 Å². The maximum atomic E-state index is 6.66. The highest BCUT2D eigenvalue weighted by molar-refractivity contribution is 7.26. The highest BCUT2D eigenvalue weighted by Crippen LogP contribution is 2.53. The fourth-order valence-electron chi connectivity index (χ4n) is 11.0. The van der Waals surface area contributed by atoms with Crippen molar-refractivity contribution < 1.29 is 4.42 Å². The van der Waals surface area contributed by atoms with Crippen LogP contribution in [0.4, 0.5) is 11.4 Å². The number of aromatic nitrogens is 1. The molecule has 0 atom stereocenters. The fraction of sp³-hybridized carbons (Fsp3) is 0.276. The summed E-state index contributed by atoms with van der Waals surface area (Å²) in [6, 6.07) is 43.7. The number of rotatable bonds is 3. The number of hydrogen-bond donors (Lipinski definition) is 1. The van der Waals surface area contributed by atoms with Crippen molar-refractivity contribution in [2.24, 2.45) is 0 Å². The van der Waals surface area contributed by atoms with Crippen molar-refractivity contribution in [3.05, 3.63) is 138 Å². The minimum atomic E-state index is -0.0555. The molecule has 3 nitrogen and oxygen atoms in total. The molecule has 0 fully saturated rings. The second kappa shape index (κ2) is 12.9. The van der Waals surface area contributed by atoms with E-state index in [-0.39, 0.29) is 21.7 Å². The van der Waals surface area contributed by atoms with Gasteiger partial charge >= 0.3 is 0 Å². The molecule has 0 unspecified atom stereocenters. The van der Waals surface area contributed by atoms with Crippen molar-refractivity contribution in [2.45, 2.75) is 104 Å². The summed E-state index contributed by atoms with van der Waals surface area (Å²) in [5, 5.41) is 11.6. The van der Waals surface area contributed by atoms with Crippen molar-refractivity contribution >= 4 is 105 Å². The highest BCUT2D eigenvalue weighted by atomic mass is 32.1. The molecule has 311 valence electrons. The zero-order valence-corrected chi connectivity index (χ0v) is 39.0. The molecule has 63 heavy (non-hydrogen) atoms. The lowest BCUT2D eigenvalue weighted by Gasteiger charge is -2.42. The first-order chi connectivity index (χ1) is 30.0. The van der Waals surface area contributed by atoms with E-state index in [2.05, 4.69) is 202 Å². The summed E-state index contributed by atoms with van der Waals surface area (Å²) in [4.78, 5) is 0. The largest absolute Gasteiger partial charge is 0.456 e. The second-order valence-corrected chi connectivity index (χ2v) is 23.0. The first kappa shape index (κ1) is 38.9. The van der Waals surface area contributed by atoms with Crippen LogP contribution in [0.3, 0.4) is 0 Å². The second-order valence-electron chi connectivity index (χ2n) is 21.9. The molecule has 1 radical (unpaired) electrons. The average molecular weight is 838 g/mol. The first-order valence-electron chi connectivity index (χ1n) is 22.8. The number of fused-ring (bicyclic) bond motifs is 13. The van der Waals surface area contributed by atoms with E-state index >= 15 is 0 Å². The topological polar surface area (TPSA) is 30.1 Å². The molecule has 1 N–H and O–H groups in total. The third-order valence-electron chi connectivity index (χ3n) is 14.8. The predicted molar refractivity (Wildman–Crippen MR) is 274 cm³/mol. The predicted octanol–water partition coefficient (Wildman–Crippen LogP) is 15.4. The van der Waals surface area contributed by atoms with E-state index in [1.165, 1.54) is 98.4 Å². The standard InChI is InChI=1S/C58H54BN2OS/c1-55(2,3)32-19-22-34(23-20-32)60-43-24-21-33(56(4,5)6)27-38(43)51-52-53-49(50-36-16-12-14-18-48(36)63-54(50)51)39-28-40-41(58(9,10)26-25-57(40,7)8)30-44(39)61(53)45-31-47-37(29-42(45)59-52)35-15-11-13-17-46(35)62-47/h11-24,27-31,60H,25-26H2,1-10H3. The van der Waals surface area contributed by atoms with Crippen LogP contribution in [0, 0.1) is 0 Å². The summed E-state index contributed by atoms with van der Waals surface area (Å²) in [5.74, 6) is 0. The number of nitrogens with one attached hydrogen (secondary N) is 1. The third kappa shape index (κ3) is 5.71. The van der Waals surface area contributed by atoms with Gasteiger partial charge in [-0.15, -0.1) is 11.3 Å². The number of benzene rings is 7. The molecule has 1 aliphatic carbocycles. The van der Waals surface area contributed by atoms with Crippen LogP contribution in [0.5, 0.6) is 0 Å². The molecule has 7 aromatic carbocycles. The Hall–Kier alpha value is -5.78. The van der Waals surface area contributed by atoms with Crippen molar-refractivity contribution in [3.8, 4) is 16.8 Å². The van der Waals surface area contributed by atoms with E-state index in [1.54, 1.807) is 0 Å². The molecule has 12 rings (SSSR count). The van der Waals surface area contributed by atoms with Crippen molar-refractivity contribution in [1.29, 1.82) is 0 Å². The summed E-state index contributed by atoms with van der Waals surface area (Å²) in [6.07, 6.45) is 2.33. The molecule has 0 saturated heterocycles. The molecule has 2 aliphatic rings. The molecular weight excluding hydrogens is 784 g/mol. The summed E-state index contributed by atoms with van der Waals surface area (Å²) < 4.78 is 11.9. The van der Waals surface area contributed by atoms with E-state index in [9.17, 15) is 0 Å². The smallest absolute Gasteiger partial charge is 0.198 e. The Bertz CT molecular complexity index is 3580. The van der Waals surface area contributed by atoms with Gasteiger partial charge in [-0.2, -0.15) is 0 Å². The average Bonchev–Trinajstić information content (AvgIpc) is 3.91. The van der Waals surface area contributed by atoms with Gasteiger partial charge < -0.3 is 14.3 Å². The van der Waals surface area contributed by atoms with Gasteiger partial charge in [0.05, 0.1) is 5.52 Å². The molecule has 1 aliphatic heterocycles. The number of thiophene rings is 1. The Balaban J connectivity index is 1.26. The Kier molecular flexibility index (Phi) is 7.97. The molecule has 3 aromatic heterocycles. The van der Waals surface area contributed by atoms with Crippen LogP contribution < -0.4 is 16.2 Å². The Morgan fingerprint density at radius 1 is 0.635 bits per heavy atom. The molecule has 0 bridgehead atoms. The lowest BCUT2D eigenvalue weighted by molar-refractivity contribution is 0.332. The van der Waals surface area contributed by atoms with Gasteiger partial charge in [0.15, 0.2) is 7.28 Å². The lowest BCUT2D eigenvalue weighted by atomic mass is 9.58. The SMILES string of the molecule is CC(C)(C)c1ccc(Nc2ccc(C(C)(C)C)cc2-c2c3c4c(c5cc6c(cc5n4-c4cc5oc7ccccc7c5cc4[B]3)C(C)(C)CCC6(C)C)c3c2sc2ccccc23)cc1. The van der Waals surface area contributed by atoms with Crippen molar-refractivity contribution in [3.63, 3.8) is 0 Å². The first-order valence-corrected chi connectivity index (χ1v) is 23.6. The lowest BCUT2D eigenvalue weighted by Crippen LogP contribution is -2.37. The van der Waals surface area contributed by atoms with E-state index in [1.807, 2.05) is 11.3 Å². The van der Waals surface area contributed by atoms with Gasteiger partial charge in [0.25, 0.3) is 0 Å². The summed E-state index contributed by atoms with van der Waals surface area (Å²) in [6.45, 7) is 23.6. The summed E-state index contributed by atoms with van der Waals surface area (Å²) in [7, 11) is 2.51. The zero-order chi connectivity index (χ0) is 43.5. The third-order valence-corrected chi connectivity index (χ3v) is 16.0. The molecule has 4 heterocycles. The number of anilines is 2. The van der Waals surface area contributed by atoms with Crippen LogP contribution in [0.2, 0.25) is 0 Å². The molecule has 5 heteroatoms. The Labute approximate surface area is 375 Å². The summed E-state index contributed by atoms with van der Waals surface area (Å²) in [5.41, 5.74) is 18.5. The van der Waals surface area contributed by atoms with Crippen LogP contribution in [0.25, 0.3) is 80.7 Å². The highest BCUT2D eigenvalue weighted by Gasteiger charge is 2.39. The number of nitrogens with zero attached hydrogens (tertiary/aromatic N) is 1. The minimum absolute atomic E-state index is 0.0551. The fourth-order valence-corrected chi connectivity index (χ4v) is 12.3. The van der Waals surface area contributed by atoms with Crippen LogP contribution in [-0.2, 0) is 21.7 Å². The summed E-state index contributed by atoms with van der Waals surface area (Å²) >= 11 is 1.95. The molecule has 0 amide bonds. The zero-order valence-electron chi connectivity index (χ0n) is 38.2. The number of furan rings is 1. The van der Waals surface area contributed by atoms with Gasteiger partial charge in [0, 0.05) is 75.9 Å². The van der Waals surface area contributed by atoms with Gasteiger partial charge in [-0.3, -0.25) is 0 Å². The van der Waals surface area contributed by atoms with Gasteiger partial charge in [-0.25, -0.2) is 0 Å². The molecule has 10 aromatic rings. The van der Waals surface area contributed by atoms with Crippen molar-refractivity contribution in [1.82, 2.24) is 4.57 Å². The Morgan fingerprint density at radius 3 is 2.03 bits per heavy atom. The van der Waals surface area contributed by atoms with Crippen LogP contribution in [-0.4, -0.2) is 11.8 Å². The van der Waals surface area contributed by atoms with Crippen molar-refractivity contribution in [2.75, 3.05) is 5.32 Å². The van der Waals surface area contributed by atoms with E-state index in [0.717, 1.165) is 39.7 Å². The normalized spacial score (nSPS) is 15.7. The number of para-hydroxylation sites is 1. The van der Waals surface area contributed by atoms with Gasteiger partial charge in [-0.05, 0) is 116 Å². The van der Waals surface area contributed by atoms with Crippen LogP contribution in [0.15, 0.2) is 120 Å². The van der Waals surface area contributed by atoms with E-state index in [0.29, 0.717) is 0 Å². The number of hydrogen-bond acceptors (Lipinski definition) is 3. The molecular formula is C58H54BN2OS. The molecule has 0 saturated carbocycles. The van der Waals surface area contributed by atoms with Gasteiger partial charge in [0.1, 0.15) is 11.2 Å². The molecule has 0 spiro atoms. The maximum Gasteiger partial charge on any atom is 0.198 e. The van der Waals surface area contributed by atoms with Gasteiger partial charge in [0.2, 0.25) is 0 Å². The van der Waals surface area contributed by atoms with Crippen LogP contribution >= 0.6 is 11.3 Å². The minimum Gasteiger partial charge on any atom is -0.456 e. The van der Waals surface area contributed by atoms with Gasteiger partial charge in [-0.1, -0.05) is 135 Å².